The molecule has 96 valence electrons. The topological polar surface area (TPSA) is 71.2 Å². The summed E-state index contributed by atoms with van der Waals surface area (Å²) in [5.41, 5.74) is 7.37. The highest BCUT2D eigenvalue weighted by atomic mass is 16.2. The summed E-state index contributed by atoms with van der Waals surface area (Å²) >= 11 is 0. The van der Waals surface area contributed by atoms with E-state index in [4.69, 9.17) is 5.73 Å². The third-order valence-electron chi connectivity index (χ3n) is 4.01. The van der Waals surface area contributed by atoms with Crippen molar-refractivity contribution in [2.45, 2.75) is 25.8 Å². The van der Waals surface area contributed by atoms with Gasteiger partial charge in [-0.05, 0) is 31.9 Å². The summed E-state index contributed by atoms with van der Waals surface area (Å²) in [5, 5.41) is 2.95. The normalized spacial score (nSPS) is 26.9. The molecule has 3 rings (SSSR count). The number of hydrogen-bond acceptors (Lipinski definition) is 4. The highest BCUT2D eigenvalue weighted by Gasteiger charge is 2.41. The molecule has 2 aliphatic rings. The number of pyridine rings is 1. The molecule has 5 heteroatoms. The van der Waals surface area contributed by atoms with Gasteiger partial charge in [-0.3, -0.25) is 4.79 Å². The number of piperidine rings is 1. The number of nitrogen functional groups attached to an aromatic ring is 1. The number of anilines is 2. The van der Waals surface area contributed by atoms with E-state index in [1.54, 1.807) is 0 Å². The predicted octanol–water partition coefficient (Wildman–Crippen LogP) is 0.687. The number of nitrogens with zero attached hydrogens (tertiary/aromatic N) is 2. The van der Waals surface area contributed by atoms with Gasteiger partial charge in [0, 0.05) is 13.1 Å². The molecule has 2 fully saturated rings. The van der Waals surface area contributed by atoms with Crippen LogP contribution in [0.5, 0.6) is 0 Å². The van der Waals surface area contributed by atoms with Crippen LogP contribution in [-0.4, -0.2) is 30.0 Å². The molecule has 1 amide bonds. The zero-order valence-corrected chi connectivity index (χ0v) is 10.5. The lowest BCUT2D eigenvalue weighted by Gasteiger charge is -2.37. The molecule has 5 nitrogen and oxygen atoms in total. The molecule has 3 N–H and O–H groups in total. The van der Waals surface area contributed by atoms with Crippen molar-refractivity contribution in [1.82, 2.24) is 10.3 Å². The van der Waals surface area contributed by atoms with Crippen LogP contribution in [0.25, 0.3) is 0 Å². The van der Waals surface area contributed by atoms with E-state index < -0.39 is 0 Å². The Labute approximate surface area is 106 Å². The van der Waals surface area contributed by atoms with E-state index in [1.165, 1.54) is 0 Å². The lowest BCUT2D eigenvalue weighted by molar-refractivity contribution is -0.122. The Morgan fingerprint density at radius 1 is 1.50 bits per heavy atom. The molecule has 0 radical (unpaired) electrons. The van der Waals surface area contributed by atoms with Crippen molar-refractivity contribution in [3.05, 3.63) is 17.8 Å². The van der Waals surface area contributed by atoms with Crippen LogP contribution in [0.1, 0.15) is 18.5 Å². The van der Waals surface area contributed by atoms with Crippen molar-refractivity contribution in [3.63, 3.8) is 0 Å². The molecule has 2 saturated heterocycles. The molecule has 2 atom stereocenters. The van der Waals surface area contributed by atoms with Gasteiger partial charge >= 0.3 is 0 Å². The van der Waals surface area contributed by atoms with Gasteiger partial charge in [0.1, 0.15) is 5.82 Å². The number of fused-ring (bicyclic) bond motifs is 1. The molecule has 0 aliphatic carbocycles. The largest absolute Gasteiger partial charge is 0.397 e. The Bertz CT molecular complexity index is 488. The summed E-state index contributed by atoms with van der Waals surface area (Å²) in [6.07, 6.45) is 2.03. The molecular formula is C13H18N4O. The Balaban J connectivity index is 1.91. The molecule has 0 saturated carbocycles. The lowest BCUT2D eigenvalue weighted by Crippen LogP contribution is -2.46. The van der Waals surface area contributed by atoms with E-state index in [0.29, 0.717) is 5.69 Å². The first kappa shape index (κ1) is 11.3. The lowest BCUT2D eigenvalue weighted by atomic mass is 9.91. The molecule has 2 unspecified atom stereocenters. The van der Waals surface area contributed by atoms with Crippen molar-refractivity contribution in [1.29, 1.82) is 0 Å². The SMILES string of the molecule is Cc1nc(N2CCCC3C(=O)NCC32)ccc1N. The monoisotopic (exact) mass is 246 g/mol. The zero-order chi connectivity index (χ0) is 12.7. The van der Waals surface area contributed by atoms with E-state index in [-0.39, 0.29) is 17.9 Å². The highest BCUT2D eigenvalue weighted by Crippen LogP contribution is 2.31. The second kappa shape index (κ2) is 4.15. The summed E-state index contributed by atoms with van der Waals surface area (Å²) in [5.74, 6) is 1.25. The van der Waals surface area contributed by atoms with Crippen LogP contribution in [-0.2, 0) is 4.79 Å². The zero-order valence-electron chi connectivity index (χ0n) is 10.5. The molecule has 18 heavy (non-hydrogen) atoms. The first-order valence-corrected chi connectivity index (χ1v) is 6.44. The van der Waals surface area contributed by atoms with E-state index in [0.717, 1.165) is 37.4 Å². The van der Waals surface area contributed by atoms with E-state index >= 15 is 0 Å². The van der Waals surface area contributed by atoms with Gasteiger partial charge < -0.3 is 16.0 Å². The van der Waals surface area contributed by atoms with Gasteiger partial charge in [-0.1, -0.05) is 0 Å². The number of nitrogens with two attached hydrogens (primary N) is 1. The van der Waals surface area contributed by atoms with Crippen LogP contribution in [0.2, 0.25) is 0 Å². The Kier molecular flexibility index (Phi) is 2.61. The maximum absolute atomic E-state index is 11.7. The first-order valence-electron chi connectivity index (χ1n) is 6.44. The summed E-state index contributed by atoms with van der Waals surface area (Å²) in [6, 6.07) is 4.10. The van der Waals surface area contributed by atoms with Crippen LogP contribution >= 0.6 is 0 Å². The summed E-state index contributed by atoms with van der Waals surface area (Å²) < 4.78 is 0. The van der Waals surface area contributed by atoms with Crippen LogP contribution in [0.15, 0.2) is 12.1 Å². The van der Waals surface area contributed by atoms with Crippen LogP contribution in [0.3, 0.4) is 0 Å². The minimum Gasteiger partial charge on any atom is -0.397 e. The highest BCUT2D eigenvalue weighted by molar-refractivity contribution is 5.83. The number of hydrogen-bond donors (Lipinski definition) is 2. The second-order valence-corrected chi connectivity index (χ2v) is 5.10. The van der Waals surface area contributed by atoms with Gasteiger partial charge in [0.2, 0.25) is 5.91 Å². The standard InChI is InChI=1S/C13H18N4O/c1-8-10(14)4-5-12(16-8)17-6-2-3-9-11(17)7-15-13(9)18/h4-5,9,11H,2-3,6-7,14H2,1H3,(H,15,18). The molecule has 1 aromatic rings. The third-order valence-corrected chi connectivity index (χ3v) is 4.01. The average molecular weight is 246 g/mol. The van der Waals surface area contributed by atoms with Gasteiger partial charge in [0.15, 0.2) is 0 Å². The number of carbonyl (C=O) groups excluding carboxylic acids is 1. The van der Waals surface area contributed by atoms with E-state index in [1.807, 2.05) is 19.1 Å². The maximum Gasteiger partial charge on any atom is 0.225 e. The summed E-state index contributed by atoms with van der Waals surface area (Å²) in [7, 11) is 0. The van der Waals surface area contributed by atoms with Crippen LogP contribution in [0.4, 0.5) is 11.5 Å². The van der Waals surface area contributed by atoms with Crippen molar-refractivity contribution in [2.24, 2.45) is 5.92 Å². The summed E-state index contributed by atoms with van der Waals surface area (Å²) in [6.45, 7) is 3.61. The van der Waals surface area contributed by atoms with Gasteiger partial charge in [-0.2, -0.15) is 0 Å². The van der Waals surface area contributed by atoms with Gasteiger partial charge in [-0.15, -0.1) is 0 Å². The van der Waals surface area contributed by atoms with Crippen molar-refractivity contribution in [2.75, 3.05) is 23.7 Å². The average Bonchev–Trinajstić information content (AvgIpc) is 2.75. The van der Waals surface area contributed by atoms with E-state index in [2.05, 4.69) is 15.2 Å². The Morgan fingerprint density at radius 2 is 2.33 bits per heavy atom. The fourth-order valence-electron chi connectivity index (χ4n) is 2.95. The van der Waals surface area contributed by atoms with Gasteiger partial charge in [0.05, 0.1) is 23.3 Å². The van der Waals surface area contributed by atoms with Gasteiger partial charge in [-0.25, -0.2) is 4.98 Å². The molecular weight excluding hydrogens is 228 g/mol. The fourth-order valence-corrected chi connectivity index (χ4v) is 2.95. The predicted molar refractivity (Wildman–Crippen MR) is 70.3 cm³/mol. The molecule has 1 aromatic heterocycles. The summed E-state index contributed by atoms with van der Waals surface area (Å²) in [4.78, 5) is 18.5. The molecule has 0 aromatic carbocycles. The van der Waals surface area contributed by atoms with Crippen molar-refractivity contribution in [3.8, 4) is 0 Å². The minimum atomic E-state index is 0.124. The fraction of sp³-hybridized carbons (Fsp3) is 0.538. The Hall–Kier alpha value is -1.78. The number of amides is 1. The number of nitrogens with one attached hydrogen (secondary N) is 1. The molecule has 2 aliphatic heterocycles. The first-order chi connectivity index (χ1) is 8.66. The Morgan fingerprint density at radius 3 is 3.11 bits per heavy atom. The van der Waals surface area contributed by atoms with Crippen molar-refractivity contribution >= 4 is 17.4 Å². The smallest absolute Gasteiger partial charge is 0.225 e. The minimum absolute atomic E-state index is 0.124. The molecule has 0 spiro atoms. The molecule has 3 heterocycles. The van der Waals surface area contributed by atoms with Gasteiger partial charge in [0.25, 0.3) is 0 Å². The number of aromatic nitrogens is 1. The van der Waals surface area contributed by atoms with Crippen LogP contribution < -0.4 is 16.0 Å². The van der Waals surface area contributed by atoms with Crippen LogP contribution in [0, 0.1) is 12.8 Å². The number of carbonyl (C=O) groups is 1. The number of aryl methyl sites for hydroxylation is 1. The maximum atomic E-state index is 11.7. The third kappa shape index (κ3) is 1.70. The number of rotatable bonds is 1. The van der Waals surface area contributed by atoms with E-state index in [9.17, 15) is 4.79 Å². The second-order valence-electron chi connectivity index (χ2n) is 5.10. The quantitative estimate of drug-likeness (QED) is 0.764. The molecule has 0 bridgehead atoms. The van der Waals surface area contributed by atoms with Crippen molar-refractivity contribution < 1.29 is 4.79 Å².